The number of anilines is 1. The van der Waals surface area contributed by atoms with E-state index >= 15 is 0 Å². The summed E-state index contributed by atoms with van der Waals surface area (Å²) in [6.07, 6.45) is 27.7. The highest BCUT2D eigenvalue weighted by atomic mass is 32.1. The average molecular weight is 756 g/mol. The molecule has 0 spiro atoms. The number of nitrogens with zero attached hydrogens (tertiary/aromatic N) is 3. The van der Waals surface area contributed by atoms with E-state index in [1.54, 1.807) is 0 Å². The second-order valence-corrected chi connectivity index (χ2v) is 16.7. The molecule has 6 nitrogen and oxygen atoms in total. The molecule has 0 N–H and O–H groups in total. The molecule has 0 aliphatic carbocycles. The van der Waals surface area contributed by atoms with Crippen molar-refractivity contribution < 1.29 is 9.53 Å². The van der Waals surface area contributed by atoms with Gasteiger partial charge in [0.2, 0.25) is 5.91 Å². The van der Waals surface area contributed by atoms with Crippen molar-refractivity contribution in [3.8, 4) is 5.75 Å². The molecule has 0 saturated carbocycles. The van der Waals surface area contributed by atoms with Crippen LogP contribution in [-0.2, 0) is 0 Å². The smallest absolute Gasteiger partial charge is 0.257 e. The van der Waals surface area contributed by atoms with E-state index in [4.69, 9.17) is 4.74 Å². The van der Waals surface area contributed by atoms with E-state index < -0.39 is 0 Å². The van der Waals surface area contributed by atoms with Crippen LogP contribution in [0, 0.1) is 0 Å². The Bertz CT molecular complexity index is 1710. The number of unbranched alkanes of at least 4 members (excludes halogenated alkanes) is 19. The first-order chi connectivity index (χ1) is 26.6. The summed E-state index contributed by atoms with van der Waals surface area (Å²) in [5, 5.41) is 4.45. The van der Waals surface area contributed by atoms with Crippen LogP contribution in [0.15, 0.2) is 64.8 Å². The molecule has 5 rings (SSSR count). The van der Waals surface area contributed by atoms with Gasteiger partial charge in [-0.2, -0.15) is 0 Å². The number of hydrogen-bond acceptors (Lipinski definition) is 6. The zero-order chi connectivity index (χ0) is 37.6. The molecule has 0 amide bonds. The third kappa shape index (κ3) is 13.8. The van der Waals surface area contributed by atoms with E-state index in [9.17, 15) is 9.59 Å². The number of piperazine rings is 1. The molecule has 1 saturated heterocycles. The summed E-state index contributed by atoms with van der Waals surface area (Å²) in [7, 11) is 0. The third-order valence-electron chi connectivity index (χ3n) is 11.4. The molecular weight excluding hydrogens is 687 g/mol. The predicted molar refractivity (Wildman–Crippen MR) is 232 cm³/mol. The van der Waals surface area contributed by atoms with Gasteiger partial charge in [-0.05, 0) is 73.0 Å². The molecule has 1 aliphatic heterocycles. The lowest BCUT2D eigenvalue weighted by Gasteiger charge is -2.36. The number of rotatable bonds is 27. The van der Waals surface area contributed by atoms with Crippen LogP contribution in [0.5, 0.6) is 5.75 Å². The Hall–Kier alpha value is -3.16. The van der Waals surface area contributed by atoms with Crippen LogP contribution >= 0.6 is 11.3 Å². The highest BCUT2D eigenvalue weighted by molar-refractivity contribution is 7.17. The number of thiophene rings is 1. The van der Waals surface area contributed by atoms with Gasteiger partial charge in [0.25, 0.3) is 5.56 Å². The molecule has 2 aromatic heterocycles. The maximum Gasteiger partial charge on any atom is 0.257 e. The van der Waals surface area contributed by atoms with Crippen molar-refractivity contribution in [1.29, 1.82) is 0 Å². The molecule has 54 heavy (non-hydrogen) atoms. The minimum Gasteiger partial charge on any atom is -0.494 e. The van der Waals surface area contributed by atoms with Crippen LogP contribution in [0.1, 0.15) is 153 Å². The minimum atomic E-state index is -0.255. The topological polar surface area (TPSA) is 54.8 Å². The van der Waals surface area contributed by atoms with Crippen LogP contribution in [0.25, 0.3) is 21.0 Å². The van der Waals surface area contributed by atoms with Crippen LogP contribution in [0.4, 0.5) is 5.69 Å². The van der Waals surface area contributed by atoms with E-state index in [0.29, 0.717) is 18.5 Å². The van der Waals surface area contributed by atoms with Crippen LogP contribution in [0.2, 0.25) is 0 Å². The van der Waals surface area contributed by atoms with Gasteiger partial charge < -0.3 is 9.64 Å². The van der Waals surface area contributed by atoms with Crippen molar-refractivity contribution in [3.05, 3.63) is 70.3 Å². The second-order valence-electron chi connectivity index (χ2n) is 15.7. The van der Waals surface area contributed by atoms with Crippen LogP contribution < -0.4 is 15.2 Å². The molecule has 1 fully saturated rings. The van der Waals surface area contributed by atoms with E-state index in [-0.39, 0.29) is 11.5 Å². The fourth-order valence-corrected chi connectivity index (χ4v) is 8.93. The van der Waals surface area contributed by atoms with Gasteiger partial charge in [-0.3, -0.25) is 14.5 Å². The lowest BCUT2D eigenvalue weighted by Crippen LogP contribution is -2.46. The van der Waals surface area contributed by atoms with Gasteiger partial charge in [0.15, 0.2) is 0 Å². The maximum absolute atomic E-state index is 13.3. The van der Waals surface area contributed by atoms with Crippen LogP contribution in [0.3, 0.4) is 0 Å². The predicted octanol–water partition coefficient (Wildman–Crippen LogP) is 12.7. The largest absolute Gasteiger partial charge is 0.494 e. The Kier molecular flexibility index (Phi) is 19.0. The number of carbonyl (C=O) groups excluding carboxylic acids is 1. The molecule has 0 radical (unpaired) electrons. The summed E-state index contributed by atoms with van der Waals surface area (Å²) in [5.74, 6) is 0.608. The summed E-state index contributed by atoms with van der Waals surface area (Å²) >= 11 is 1.81. The van der Waals surface area contributed by atoms with Gasteiger partial charge in [0.05, 0.1) is 12.1 Å². The normalized spacial score (nSPS) is 13.7. The fraction of sp³-hybridized carbons (Fsp3) is 0.617. The van der Waals surface area contributed by atoms with Gasteiger partial charge >= 0.3 is 0 Å². The standard InChI is InChI=1S/C47H69N3O3S/c1-2-3-4-5-6-7-8-9-10-11-12-13-14-15-16-17-18-19-20-26-46(51)50-44-39-41(29-27-40(44)28-30-47(50)52)53-37-22-21-32-48-33-35-49(36-34-48)43-24-23-25-45-42(43)31-38-54-45/h23-25,27-31,38-39H,2-22,26,32-37H2,1H3. The van der Waals surface area contributed by atoms with Crippen molar-refractivity contribution in [1.82, 2.24) is 9.47 Å². The van der Waals surface area contributed by atoms with Crippen LogP contribution in [-0.4, -0.2) is 54.7 Å². The van der Waals surface area contributed by atoms with Gasteiger partial charge in [0, 0.05) is 60.5 Å². The van der Waals surface area contributed by atoms with Crippen molar-refractivity contribution in [2.75, 3.05) is 44.2 Å². The first-order valence-corrected chi connectivity index (χ1v) is 22.8. The van der Waals surface area contributed by atoms with Gasteiger partial charge in [-0.1, -0.05) is 129 Å². The van der Waals surface area contributed by atoms with E-state index in [0.717, 1.165) is 76.0 Å². The molecule has 0 unspecified atom stereocenters. The number of benzene rings is 2. The molecule has 1 aliphatic rings. The maximum atomic E-state index is 13.3. The summed E-state index contributed by atoms with van der Waals surface area (Å²) < 4.78 is 8.87. The fourth-order valence-electron chi connectivity index (χ4n) is 8.12. The number of ether oxygens (including phenoxy) is 1. The zero-order valence-corrected chi connectivity index (χ0v) is 34.4. The highest BCUT2D eigenvalue weighted by Gasteiger charge is 2.19. The summed E-state index contributed by atoms with van der Waals surface area (Å²) in [4.78, 5) is 31.3. The summed E-state index contributed by atoms with van der Waals surface area (Å²) in [5.41, 5.74) is 1.76. The molecule has 0 bridgehead atoms. The molecule has 0 atom stereocenters. The van der Waals surface area contributed by atoms with Gasteiger partial charge in [-0.15, -0.1) is 11.3 Å². The third-order valence-corrected chi connectivity index (χ3v) is 12.3. The number of carbonyl (C=O) groups is 1. The monoisotopic (exact) mass is 756 g/mol. The SMILES string of the molecule is CCCCCCCCCCCCCCCCCCCCCC(=O)n1c(=O)ccc2ccc(OCCCCN3CCN(c4cccc5sccc45)CC3)cc21. The number of fused-ring (bicyclic) bond motifs is 2. The van der Waals surface area contributed by atoms with Crippen molar-refractivity contribution >= 4 is 43.9 Å². The molecule has 7 heteroatoms. The van der Waals surface area contributed by atoms with Crippen molar-refractivity contribution in [2.45, 2.75) is 148 Å². The zero-order valence-electron chi connectivity index (χ0n) is 33.5. The molecule has 2 aromatic carbocycles. The highest BCUT2D eigenvalue weighted by Crippen LogP contribution is 2.31. The Morgan fingerprint density at radius 1 is 0.667 bits per heavy atom. The molecular formula is C47H69N3O3S. The number of hydrogen-bond donors (Lipinski definition) is 0. The molecule has 296 valence electrons. The Labute approximate surface area is 330 Å². The van der Waals surface area contributed by atoms with Crippen molar-refractivity contribution in [2.24, 2.45) is 0 Å². The quantitative estimate of drug-likeness (QED) is 0.0567. The lowest BCUT2D eigenvalue weighted by molar-refractivity contribution is 0.0900. The number of aromatic nitrogens is 1. The van der Waals surface area contributed by atoms with Gasteiger partial charge in [0.1, 0.15) is 5.75 Å². The summed E-state index contributed by atoms with van der Waals surface area (Å²) in [6.45, 7) is 8.26. The summed E-state index contributed by atoms with van der Waals surface area (Å²) in [6, 6.07) is 18.0. The lowest BCUT2D eigenvalue weighted by atomic mass is 10.0. The number of pyridine rings is 1. The Morgan fingerprint density at radius 3 is 1.93 bits per heavy atom. The first kappa shape index (κ1) is 42.0. The van der Waals surface area contributed by atoms with E-state index in [1.807, 2.05) is 35.6 Å². The van der Waals surface area contributed by atoms with E-state index in [1.165, 1.54) is 129 Å². The Balaban J connectivity index is 0.904. The minimum absolute atomic E-state index is 0.109. The van der Waals surface area contributed by atoms with E-state index in [2.05, 4.69) is 46.4 Å². The second kappa shape index (κ2) is 24.4. The molecule has 3 heterocycles. The average Bonchev–Trinajstić information content (AvgIpc) is 3.68. The Morgan fingerprint density at radius 2 is 1.28 bits per heavy atom. The van der Waals surface area contributed by atoms with Crippen molar-refractivity contribution in [3.63, 3.8) is 0 Å². The van der Waals surface area contributed by atoms with Gasteiger partial charge in [-0.25, -0.2) is 4.57 Å². The first-order valence-electron chi connectivity index (χ1n) is 21.9. The molecule has 4 aromatic rings.